The molecule has 0 spiro atoms. The van der Waals surface area contributed by atoms with Gasteiger partial charge in [-0.05, 0) is 36.3 Å². The Kier molecular flexibility index (Phi) is 3.54. The summed E-state index contributed by atoms with van der Waals surface area (Å²) in [5.74, 6) is -0.0465. The minimum atomic E-state index is -0.0465. The molecule has 1 amide bonds. The van der Waals surface area contributed by atoms with Crippen molar-refractivity contribution in [2.45, 2.75) is 13.3 Å². The number of para-hydroxylation sites is 1. The summed E-state index contributed by atoms with van der Waals surface area (Å²) in [5, 5.41) is 2.91. The van der Waals surface area contributed by atoms with Gasteiger partial charge in [0, 0.05) is 29.1 Å². The van der Waals surface area contributed by atoms with Gasteiger partial charge in [0.25, 0.3) is 5.91 Å². The van der Waals surface area contributed by atoms with Crippen LogP contribution in [-0.4, -0.2) is 10.9 Å². The van der Waals surface area contributed by atoms with Gasteiger partial charge in [0.05, 0.1) is 5.57 Å². The molecule has 0 fully saturated rings. The van der Waals surface area contributed by atoms with Gasteiger partial charge in [-0.1, -0.05) is 48.5 Å². The zero-order chi connectivity index (χ0) is 16.5. The van der Waals surface area contributed by atoms with Crippen LogP contribution in [0.1, 0.15) is 28.1 Å². The van der Waals surface area contributed by atoms with E-state index in [-0.39, 0.29) is 5.91 Å². The molecule has 24 heavy (non-hydrogen) atoms. The predicted octanol–water partition coefficient (Wildman–Crippen LogP) is 4.41. The second kappa shape index (κ2) is 5.85. The molecule has 1 aliphatic rings. The summed E-state index contributed by atoms with van der Waals surface area (Å²) in [6.07, 6.45) is 2.80. The van der Waals surface area contributed by atoms with E-state index in [0.29, 0.717) is 5.57 Å². The van der Waals surface area contributed by atoms with Crippen LogP contribution in [0, 0.1) is 6.92 Å². The third-order valence-corrected chi connectivity index (χ3v) is 4.35. The van der Waals surface area contributed by atoms with Crippen molar-refractivity contribution in [2.75, 3.05) is 5.32 Å². The van der Waals surface area contributed by atoms with Crippen molar-refractivity contribution in [3.63, 3.8) is 0 Å². The van der Waals surface area contributed by atoms with Crippen LogP contribution in [0.5, 0.6) is 0 Å². The Balaban J connectivity index is 1.67. The number of benzene rings is 2. The van der Waals surface area contributed by atoms with Crippen molar-refractivity contribution in [3.8, 4) is 0 Å². The fourth-order valence-electron chi connectivity index (χ4n) is 3.13. The van der Waals surface area contributed by atoms with Gasteiger partial charge in [-0.2, -0.15) is 0 Å². The Morgan fingerprint density at radius 3 is 2.58 bits per heavy atom. The molecule has 0 atom stereocenters. The molecule has 0 bridgehead atoms. The lowest BCUT2D eigenvalue weighted by atomic mass is 10.1. The van der Waals surface area contributed by atoms with Gasteiger partial charge in [0.1, 0.15) is 0 Å². The Morgan fingerprint density at radius 2 is 1.75 bits per heavy atom. The molecule has 1 aromatic heterocycles. The Morgan fingerprint density at radius 1 is 1.00 bits per heavy atom. The van der Waals surface area contributed by atoms with E-state index in [0.717, 1.165) is 34.6 Å². The Labute approximate surface area is 141 Å². The fraction of sp³-hybridized carbons (Fsp3) is 0.0952. The first-order valence-electron chi connectivity index (χ1n) is 8.05. The van der Waals surface area contributed by atoms with Crippen LogP contribution in [0.25, 0.3) is 11.6 Å². The van der Waals surface area contributed by atoms with Gasteiger partial charge in [-0.3, -0.25) is 4.79 Å². The predicted molar refractivity (Wildman–Crippen MR) is 97.7 cm³/mol. The summed E-state index contributed by atoms with van der Waals surface area (Å²) in [4.78, 5) is 15.7. The number of amides is 1. The molecule has 2 N–H and O–H groups in total. The molecule has 3 aromatic rings. The van der Waals surface area contributed by atoms with E-state index >= 15 is 0 Å². The van der Waals surface area contributed by atoms with E-state index in [2.05, 4.69) is 35.4 Å². The summed E-state index contributed by atoms with van der Waals surface area (Å²) in [6.45, 7) is 2.07. The van der Waals surface area contributed by atoms with Crippen LogP contribution in [-0.2, 0) is 11.2 Å². The lowest BCUT2D eigenvalue weighted by Crippen LogP contribution is -2.03. The van der Waals surface area contributed by atoms with Crippen molar-refractivity contribution in [3.05, 3.63) is 88.7 Å². The molecule has 1 aliphatic heterocycles. The quantitative estimate of drug-likeness (QED) is 0.691. The molecule has 0 radical (unpaired) electrons. The van der Waals surface area contributed by atoms with Gasteiger partial charge >= 0.3 is 0 Å². The van der Waals surface area contributed by atoms with Crippen LogP contribution in [0.2, 0.25) is 0 Å². The molecule has 3 heteroatoms. The van der Waals surface area contributed by atoms with Gasteiger partial charge < -0.3 is 10.3 Å². The topological polar surface area (TPSA) is 44.9 Å². The second-order valence-corrected chi connectivity index (χ2v) is 6.11. The largest absolute Gasteiger partial charge is 0.358 e. The van der Waals surface area contributed by atoms with Crippen molar-refractivity contribution in [2.24, 2.45) is 0 Å². The van der Waals surface area contributed by atoms with Crippen molar-refractivity contribution < 1.29 is 4.79 Å². The van der Waals surface area contributed by atoms with Crippen molar-refractivity contribution in [1.82, 2.24) is 4.98 Å². The summed E-state index contributed by atoms with van der Waals surface area (Å²) in [5.41, 5.74) is 7.10. The monoisotopic (exact) mass is 314 g/mol. The highest BCUT2D eigenvalue weighted by Gasteiger charge is 2.23. The number of H-pyrrole nitrogens is 1. The number of aromatic amines is 1. The normalized spacial score (nSPS) is 14.7. The van der Waals surface area contributed by atoms with Crippen LogP contribution >= 0.6 is 0 Å². The first kappa shape index (κ1) is 14.5. The molecule has 3 nitrogen and oxygen atoms in total. The lowest BCUT2D eigenvalue weighted by Gasteiger charge is -1.99. The molecule has 0 saturated heterocycles. The highest BCUT2D eigenvalue weighted by molar-refractivity contribution is 6.34. The average molecular weight is 314 g/mol. The van der Waals surface area contributed by atoms with Crippen LogP contribution in [0.4, 0.5) is 5.69 Å². The van der Waals surface area contributed by atoms with Crippen molar-refractivity contribution in [1.29, 1.82) is 0 Å². The molecule has 2 heterocycles. The molecule has 2 aromatic carbocycles. The number of fused-ring (bicyclic) bond motifs is 1. The number of hydrogen-bond donors (Lipinski definition) is 2. The average Bonchev–Trinajstić information content (AvgIpc) is 3.09. The van der Waals surface area contributed by atoms with Gasteiger partial charge in [0.2, 0.25) is 0 Å². The minimum Gasteiger partial charge on any atom is -0.358 e. The molecule has 118 valence electrons. The maximum Gasteiger partial charge on any atom is 0.256 e. The van der Waals surface area contributed by atoms with E-state index in [1.807, 2.05) is 48.5 Å². The summed E-state index contributed by atoms with van der Waals surface area (Å²) in [6, 6.07) is 20.3. The smallest absolute Gasteiger partial charge is 0.256 e. The maximum atomic E-state index is 12.3. The maximum absolute atomic E-state index is 12.3. The Hall–Kier alpha value is -3.07. The number of carbonyl (C=O) groups is 1. The number of anilines is 1. The zero-order valence-electron chi connectivity index (χ0n) is 13.5. The lowest BCUT2D eigenvalue weighted by molar-refractivity contribution is -0.110. The summed E-state index contributed by atoms with van der Waals surface area (Å²) >= 11 is 0. The molecule has 0 saturated carbocycles. The SMILES string of the molecule is Cc1cc(Cc2ccccc2)[nH]c1/C=C1\C(=O)Nc2ccccc21. The summed E-state index contributed by atoms with van der Waals surface area (Å²) < 4.78 is 0. The van der Waals surface area contributed by atoms with Crippen LogP contribution < -0.4 is 5.32 Å². The van der Waals surface area contributed by atoms with E-state index in [9.17, 15) is 4.79 Å². The fourth-order valence-corrected chi connectivity index (χ4v) is 3.13. The van der Waals surface area contributed by atoms with E-state index in [4.69, 9.17) is 0 Å². The number of carbonyl (C=O) groups excluding carboxylic acids is 1. The molecular formula is C21H18N2O. The number of rotatable bonds is 3. The molecule has 0 unspecified atom stereocenters. The van der Waals surface area contributed by atoms with Crippen LogP contribution in [0.3, 0.4) is 0 Å². The number of hydrogen-bond acceptors (Lipinski definition) is 1. The Bertz CT molecular complexity index is 935. The molecule has 0 aliphatic carbocycles. The first-order chi connectivity index (χ1) is 11.7. The molecule has 4 rings (SSSR count). The number of aryl methyl sites for hydroxylation is 1. The highest BCUT2D eigenvalue weighted by atomic mass is 16.2. The molecular weight excluding hydrogens is 296 g/mol. The van der Waals surface area contributed by atoms with E-state index < -0.39 is 0 Å². The number of aromatic nitrogens is 1. The summed E-state index contributed by atoms with van der Waals surface area (Å²) in [7, 11) is 0. The zero-order valence-corrected chi connectivity index (χ0v) is 13.5. The third-order valence-electron chi connectivity index (χ3n) is 4.35. The van der Waals surface area contributed by atoms with Gasteiger partial charge in [0.15, 0.2) is 0 Å². The van der Waals surface area contributed by atoms with Gasteiger partial charge in [-0.25, -0.2) is 0 Å². The minimum absolute atomic E-state index is 0.0465. The highest BCUT2D eigenvalue weighted by Crippen LogP contribution is 2.33. The number of nitrogens with one attached hydrogen (secondary N) is 2. The first-order valence-corrected chi connectivity index (χ1v) is 8.05. The van der Waals surface area contributed by atoms with E-state index in [1.165, 1.54) is 5.56 Å². The standard InChI is InChI=1S/C21H18N2O/c1-14-11-16(12-15-7-3-2-4-8-15)22-20(14)13-18-17-9-5-6-10-19(17)23-21(18)24/h2-11,13,22H,12H2,1H3,(H,23,24)/b18-13-. The van der Waals surface area contributed by atoms with Gasteiger partial charge in [-0.15, -0.1) is 0 Å². The third kappa shape index (κ3) is 2.65. The second-order valence-electron chi connectivity index (χ2n) is 6.11. The van der Waals surface area contributed by atoms with Crippen molar-refractivity contribution >= 4 is 23.2 Å². The van der Waals surface area contributed by atoms with Crippen LogP contribution in [0.15, 0.2) is 60.7 Å². The van der Waals surface area contributed by atoms with E-state index in [1.54, 1.807) is 0 Å².